The Hall–Kier alpha value is -0.0800. The molecule has 2 N–H and O–H groups in total. The van der Waals surface area contributed by atoms with Crippen molar-refractivity contribution in [2.75, 3.05) is 13.1 Å². The summed E-state index contributed by atoms with van der Waals surface area (Å²) in [7, 11) is 0. The highest BCUT2D eigenvalue weighted by Gasteiger charge is 2.25. The van der Waals surface area contributed by atoms with Crippen molar-refractivity contribution in [3.8, 4) is 0 Å². The number of nitrogens with two attached hydrogens (primary N) is 1. The van der Waals surface area contributed by atoms with Gasteiger partial charge in [-0.25, -0.2) is 0 Å². The van der Waals surface area contributed by atoms with Crippen LogP contribution in [0.25, 0.3) is 0 Å². The lowest BCUT2D eigenvalue weighted by Gasteiger charge is -2.37. The van der Waals surface area contributed by atoms with E-state index in [2.05, 4.69) is 18.7 Å². The van der Waals surface area contributed by atoms with Crippen LogP contribution in [0.5, 0.6) is 0 Å². The molecule has 0 aromatic rings. The largest absolute Gasteiger partial charge is 0.326 e. The Morgan fingerprint density at radius 2 is 1.92 bits per heavy atom. The van der Waals surface area contributed by atoms with E-state index >= 15 is 0 Å². The van der Waals surface area contributed by atoms with Gasteiger partial charge in [0.1, 0.15) is 0 Å². The van der Waals surface area contributed by atoms with Crippen molar-refractivity contribution < 1.29 is 0 Å². The number of likely N-dealkylation sites (N-methyl/N-ethyl adjacent to an activating group) is 1. The average Bonchev–Trinajstić information content (AvgIpc) is 2.16. The molecular weight excluding hydrogens is 160 g/mol. The van der Waals surface area contributed by atoms with E-state index in [-0.39, 0.29) is 0 Å². The van der Waals surface area contributed by atoms with Crippen LogP contribution in [-0.2, 0) is 0 Å². The molecule has 0 amide bonds. The first-order chi connectivity index (χ1) is 6.29. The van der Waals surface area contributed by atoms with Crippen molar-refractivity contribution in [2.45, 2.75) is 58.0 Å². The molecule has 0 aliphatic heterocycles. The van der Waals surface area contributed by atoms with Crippen LogP contribution in [0.4, 0.5) is 0 Å². The molecule has 2 atom stereocenters. The van der Waals surface area contributed by atoms with Crippen LogP contribution in [0, 0.1) is 0 Å². The molecule has 78 valence electrons. The molecule has 0 spiro atoms. The Bertz CT molecular complexity index is 136. The highest BCUT2D eigenvalue weighted by atomic mass is 15.2. The van der Waals surface area contributed by atoms with Crippen molar-refractivity contribution >= 4 is 0 Å². The van der Waals surface area contributed by atoms with Gasteiger partial charge in [0.05, 0.1) is 0 Å². The lowest BCUT2D eigenvalue weighted by atomic mass is 9.90. The summed E-state index contributed by atoms with van der Waals surface area (Å²) in [5.74, 6) is 0. The first kappa shape index (κ1) is 11.0. The maximum Gasteiger partial charge on any atom is 0.0247 e. The summed E-state index contributed by atoms with van der Waals surface area (Å²) in [4.78, 5) is 2.56. The maximum absolute atomic E-state index is 6.14. The molecule has 13 heavy (non-hydrogen) atoms. The molecule has 1 aliphatic rings. The minimum Gasteiger partial charge on any atom is -0.326 e. The fourth-order valence-corrected chi connectivity index (χ4v) is 2.44. The molecule has 2 unspecified atom stereocenters. The van der Waals surface area contributed by atoms with E-state index in [9.17, 15) is 0 Å². The van der Waals surface area contributed by atoms with Gasteiger partial charge in [-0.05, 0) is 32.4 Å². The van der Waals surface area contributed by atoms with Crippen LogP contribution in [0.15, 0.2) is 0 Å². The Labute approximate surface area is 82.5 Å². The zero-order valence-electron chi connectivity index (χ0n) is 9.13. The fraction of sp³-hybridized carbons (Fsp3) is 1.00. The summed E-state index contributed by atoms with van der Waals surface area (Å²) in [5.41, 5.74) is 6.14. The van der Waals surface area contributed by atoms with Crippen molar-refractivity contribution in [1.29, 1.82) is 0 Å². The molecule has 0 bridgehead atoms. The van der Waals surface area contributed by atoms with Crippen LogP contribution in [0.3, 0.4) is 0 Å². The third-order valence-electron chi connectivity index (χ3n) is 3.17. The van der Waals surface area contributed by atoms with Crippen LogP contribution >= 0.6 is 0 Å². The van der Waals surface area contributed by atoms with E-state index in [1.807, 2.05) is 0 Å². The van der Waals surface area contributed by atoms with E-state index in [0.29, 0.717) is 12.1 Å². The van der Waals surface area contributed by atoms with Gasteiger partial charge in [0.2, 0.25) is 0 Å². The minimum absolute atomic E-state index is 0.431. The second kappa shape index (κ2) is 5.61. The van der Waals surface area contributed by atoms with E-state index < -0.39 is 0 Å². The third kappa shape index (κ3) is 2.96. The summed E-state index contributed by atoms with van der Waals surface area (Å²) in [6.45, 7) is 6.87. The van der Waals surface area contributed by atoms with Gasteiger partial charge in [-0.2, -0.15) is 0 Å². The SMILES string of the molecule is CCCN(CC)C1CCCCC1N. The van der Waals surface area contributed by atoms with E-state index in [1.165, 1.54) is 38.6 Å². The molecule has 0 aromatic heterocycles. The first-order valence-electron chi connectivity index (χ1n) is 5.79. The van der Waals surface area contributed by atoms with Crippen molar-refractivity contribution in [2.24, 2.45) is 5.73 Å². The topological polar surface area (TPSA) is 29.3 Å². The van der Waals surface area contributed by atoms with Crippen LogP contribution in [0.1, 0.15) is 46.0 Å². The van der Waals surface area contributed by atoms with Crippen LogP contribution in [-0.4, -0.2) is 30.1 Å². The molecule has 2 heteroatoms. The molecule has 2 nitrogen and oxygen atoms in total. The summed E-state index contributed by atoms with van der Waals surface area (Å²) in [5, 5.41) is 0. The molecule has 0 radical (unpaired) electrons. The van der Waals surface area contributed by atoms with E-state index in [0.717, 1.165) is 6.54 Å². The Kier molecular flexibility index (Phi) is 4.74. The summed E-state index contributed by atoms with van der Waals surface area (Å²) in [6.07, 6.45) is 6.50. The van der Waals surface area contributed by atoms with Crippen LogP contribution in [0.2, 0.25) is 0 Å². The smallest absolute Gasteiger partial charge is 0.0247 e. The average molecular weight is 184 g/mol. The third-order valence-corrected chi connectivity index (χ3v) is 3.17. The predicted octanol–water partition coefficient (Wildman–Crippen LogP) is 1.99. The molecular formula is C11H24N2. The van der Waals surface area contributed by atoms with Gasteiger partial charge in [0.15, 0.2) is 0 Å². The summed E-state index contributed by atoms with van der Waals surface area (Å²) < 4.78 is 0. The van der Waals surface area contributed by atoms with Gasteiger partial charge >= 0.3 is 0 Å². The number of hydrogen-bond acceptors (Lipinski definition) is 2. The molecule has 1 fully saturated rings. The lowest BCUT2D eigenvalue weighted by molar-refractivity contribution is 0.144. The highest BCUT2D eigenvalue weighted by molar-refractivity contribution is 4.85. The molecule has 0 saturated heterocycles. The first-order valence-corrected chi connectivity index (χ1v) is 5.79. The van der Waals surface area contributed by atoms with Gasteiger partial charge in [-0.15, -0.1) is 0 Å². The second-order valence-electron chi connectivity index (χ2n) is 4.14. The zero-order valence-corrected chi connectivity index (χ0v) is 9.13. The number of nitrogens with zero attached hydrogens (tertiary/aromatic N) is 1. The molecule has 1 aliphatic carbocycles. The molecule has 1 rings (SSSR count). The van der Waals surface area contributed by atoms with Gasteiger partial charge in [0, 0.05) is 12.1 Å². The standard InChI is InChI=1S/C11H24N2/c1-3-9-13(4-2)11-8-6-5-7-10(11)12/h10-11H,3-9,12H2,1-2H3. The minimum atomic E-state index is 0.431. The van der Waals surface area contributed by atoms with Gasteiger partial charge in [0.25, 0.3) is 0 Å². The van der Waals surface area contributed by atoms with Crippen molar-refractivity contribution in [3.63, 3.8) is 0 Å². The Balaban J connectivity index is 2.44. The molecule has 0 heterocycles. The fourth-order valence-electron chi connectivity index (χ4n) is 2.44. The monoisotopic (exact) mass is 184 g/mol. The van der Waals surface area contributed by atoms with E-state index in [1.54, 1.807) is 0 Å². The Morgan fingerprint density at radius 1 is 1.23 bits per heavy atom. The summed E-state index contributed by atoms with van der Waals surface area (Å²) in [6, 6.07) is 1.10. The second-order valence-corrected chi connectivity index (χ2v) is 4.14. The number of hydrogen-bond donors (Lipinski definition) is 1. The molecule has 0 aromatic carbocycles. The van der Waals surface area contributed by atoms with Crippen LogP contribution < -0.4 is 5.73 Å². The lowest BCUT2D eigenvalue weighted by Crippen LogP contribution is -2.49. The van der Waals surface area contributed by atoms with E-state index in [4.69, 9.17) is 5.73 Å². The van der Waals surface area contributed by atoms with Crippen molar-refractivity contribution in [1.82, 2.24) is 4.90 Å². The molecule has 1 saturated carbocycles. The van der Waals surface area contributed by atoms with Gasteiger partial charge in [-0.1, -0.05) is 26.7 Å². The van der Waals surface area contributed by atoms with Crippen molar-refractivity contribution in [3.05, 3.63) is 0 Å². The predicted molar refractivity (Wildman–Crippen MR) is 57.8 cm³/mol. The highest BCUT2D eigenvalue weighted by Crippen LogP contribution is 2.21. The van der Waals surface area contributed by atoms with Gasteiger partial charge in [-0.3, -0.25) is 4.90 Å². The number of rotatable bonds is 4. The Morgan fingerprint density at radius 3 is 2.46 bits per heavy atom. The maximum atomic E-state index is 6.14. The quantitative estimate of drug-likeness (QED) is 0.724. The normalized spacial score (nSPS) is 29.5. The zero-order chi connectivity index (χ0) is 9.68. The van der Waals surface area contributed by atoms with Gasteiger partial charge < -0.3 is 5.73 Å². The summed E-state index contributed by atoms with van der Waals surface area (Å²) >= 11 is 0.